The molecule has 1 aliphatic heterocycles. The van der Waals surface area contributed by atoms with Crippen molar-refractivity contribution in [1.29, 1.82) is 0 Å². The number of aromatic nitrogens is 3. The Bertz CT molecular complexity index is 677. The van der Waals surface area contributed by atoms with Gasteiger partial charge in [0.25, 0.3) is 0 Å². The van der Waals surface area contributed by atoms with E-state index in [1.54, 1.807) is 23.7 Å². The fraction of sp³-hybridized carbons (Fsp3) is 0.588. The first-order valence-corrected chi connectivity index (χ1v) is 9.44. The van der Waals surface area contributed by atoms with Crippen LogP contribution in [0.3, 0.4) is 0 Å². The number of piperidine rings is 1. The van der Waals surface area contributed by atoms with E-state index in [4.69, 9.17) is 16.3 Å². The van der Waals surface area contributed by atoms with Gasteiger partial charge in [-0.25, -0.2) is 0 Å². The molecule has 130 valence electrons. The molecule has 0 N–H and O–H groups in total. The summed E-state index contributed by atoms with van der Waals surface area (Å²) in [4.78, 5) is 6.31. The molecule has 0 spiro atoms. The first-order chi connectivity index (χ1) is 11.4. The molecule has 0 aromatic carbocycles. The van der Waals surface area contributed by atoms with E-state index in [0.717, 1.165) is 36.1 Å². The number of pyridine rings is 1. The number of hydrogen-bond donors (Lipinski definition) is 0. The van der Waals surface area contributed by atoms with Crippen LogP contribution in [0.25, 0.3) is 0 Å². The summed E-state index contributed by atoms with van der Waals surface area (Å²) in [6.45, 7) is 9.20. The fourth-order valence-electron chi connectivity index (χ4n) is 2.62. The Morgan fingerprint density at radius 1 is 1.29 bits per heavy atom. The van der Waals surface area contributed by atoms with Crippen LogP contribution in [0.1, 0.15) is 38.6 Å². The highest BCUT2D eigenvalue weighted by Crippen LogP contribution is 2.32. The van der Waals surface area contributed by atoms with Gasteiger partial charge in [0.1, 0.15) is 15.8 Å². The van der Waals surface area contributed by atoms with Gasteiger partial charge in [-0.2, -0.15) is 0 Å². The summed E-state index contributed by atoms with van der Waals surface area (Å²) >= 11 is 7.78. The molecule has 1 fully saturated rings. The molecule has 7 heteroatoms. The maximum absolute atomic E-state index is 6.07. The molecule has 0 bridgehead atoms. The van der Waals surface area contributed by atoms with Gasteiger partial charge < -0.3 is 9.64 Å². The molecule has 2 aromatic heterocycles. The van der Waals surface area contributed by atoms with E-state index in [9.17, 15) is 0 Å². The van der Waals surface area contributed by atoms with Crippen LogP contribution in [0, 0.1) is 5.92 Å². The van der Waals surface area contributed by atoms with Gasteiger partial charge in [0, 0.05) is 37.0 Å². The van der Waals surface area contributed by atoms with E-state index < -0.39 is 0 Å². The minimum Gasteiger partial charge on any atom is -0.492 e. The van der Waals surface area contributed by atoms with Crippen LogP contribution in [0.15, 0.2) is 18.5 Å². The average molecular weight is 367 g/mol. The SMILES string of the molecule is CC(C)(C)c1nnc(N2CCC(COc3ccncc3Cl)CC2)s1. The van der Waals surface area contributed by atoms with Gasteiger partial charge in [-0.05, 0) is 18.8 Å². The van der Waals surface area contributed by atoms with E-state index in [2.05, 4.69) is 40.9 Å². The predicted octanol–water partition coefficient (Wildman–Crippen LogP) is 4.18. The highest BCUT2D eigenvalue weighted by molar-refractivity contribution is 7.15. The lowest BCUT2D eigenvalue weighted by Crippen LogP contribution is -2.35. The van der Waals surface area contributed by atoms with Crippen molar-refractivity contribution in [3.05, 3.63) is 28.5 Å². The second kappa shape index (κ2) is 7.23. The van der Waals surface area contributed by atoms with Gasteiger partial charge in [0.2, 0.25) is 5.13 Å². The summed E-state index contributed by atoms with van der Waals surface area (Å²) in [7, 11) is 0. The van der Waals surface area contributed by atoms with Gasteiger partial charge in [-0.3, -0.25) is 4.98 Å². The van der Waals surface area contributed by atoms with E-state index in [1.165, 1.54) is 0 Å². The van der Waals surface area contributed by atoms with E-state index in [-0.39, 0.29) is 5.41 Å². The monoisotopic (exact) mass is 366 g/mol. The van der Waals surface area contributed by atoms with Crippen molar-refractivity contribution in [3.63, 3.8) is 0 Å². The highest BCUT2D eigenvalue weighted by Gasteiger charge is 2.25. The van der Waals surface area contributed by atoms with Gasteiger partial charge in [0.15, 0.2) is 0 Å². The van der Waals surface area contributed by atoms with Crippen molar-refractivity contribution in [1.82, 2.24) is 15.2 Å². The van der Waals surface area contributed by atoms with Crippen LogP contribution in [0.5, 0.6) is 5.75 Å². The Balaban J connectivity index is 1.51. The van der Waals surface area contributed by atoms with Crippen LogP contribution < -0.4 is 9.64 Å². The molecule has 0 amide bonds. The van der Waals surface area contributed by atoms with E-state index in [0.29, 0.717) is 23.3 Å². The average Bonchev–Trinajstić information content (AvgIpc) is 3.05. The highest BCUT2D eigenvalue weighted by atomic mass is 35.5. The largest absolute Gasteiger partial charge is 0.492 e. The molecule has 0 radical (unpaired) electrons. The quantitative estimate of drug-likeness (QED) is 0.812. The summed E-state index contributed by atoms with van der Waals surface area (Å²) < 4.78 is 5.85. The van der Waals surface area contributed by atoms with Crippen molar-refractivity contribution in [2.24, 2.45) is 5.92 Å². The molecule has 0 unspecified atom stereocenters. The second-order valence-corrected chi connectivity index (χ2v) is 8.55. The zero-order chi connectivity index (χ0) is 17.2. The number of halogens is 1. The molecule has 5 nitrogen and oxygen atoms in total. The standard InChI is InChI=1S/C17H23ClN4OS/c1-17(2,3)15-20-21-16(24-15)22-8-5-12(6-9-22)11-23-14-4-7-19-10-13(14)18/h4,7,10,12H,5-6,8-9,11H2,1-3H3. The lowest BCUT2D eigenvalue weighted by Gasteiger charge is -2.31. The first kappa shape index (κ1) is 17.4. The second-order valence-electron chi connectivity index (χ2n) is 7.19. The van der Waals surface area contributed by atoms with Gasteiger partial charge >= 0.3 is 0 Å². The number of nitrogens with zero attached hydrogens (tertiary/aromatic N) is 4. The smallest absolute Gasteiger partial charge is 0.208 e. The normalized spacial score (nSPS) is 16.4. The molecule has 24 heavy (non-hydrogen) atoms. The van der Waals surface area contributed by atoms with Crippen molar-refractivity contribution in [2.45, 2.75) is 39.0 Å². The van der Waals surface area contributed by atoms with Crippen LogP contribution in [-0.2, 0) is 5.41 Å². The van der Waals surface area contributed by atoms with Gasteiger partial charge in [-0.1, -0.05) is 43.7 Å². The zero-order valence-corrected chi connectivity index (χ0v) is 15.9. The Morgan fingerprint density at radius 3 is 2.67 bits per heavy atom. The summed E-state index contributed by atoms with van der Waals surface area (Å²) in [5.41, 5.74) is 0.0614. The maximum Gasteiger partial charge on any atom is 0.208 e. The van der Waals surface area contributed by atoms with Crippen molar-refractivity contribution in [2.75, 3.05) is 24.6 Å². The molecule has 3 heterocycles. The van der Waals surface area contributed by atoms with Crippen LogP contribution in [-0.4, -0.2) is 34.9 Å². The third-order valence-corrected chi connectivity index (χ3v) is 5.84. The molecule has 0 saturated carbocycles. The number of hydrogen-bond acceptors (Lipinski definition) is 6. The van der Waals surface area contributed by atoms with Crippen LogP contribution in [0.4, 0.5) is 5.13 Å². The van der Waals surface area contributed by atoms with Crippen LogP contribution >= 0.6 is 22.9 Å². The molecule has 0 aliphatic carbocycles. The lowest BCUT2D eigenvalue weighted by atomic mass is 9.98. The summed E-state index contributed by atoms with van der Waals surface area (Å²) in [5.74, 6) is 1.26. The van der Waals surface area contributed by atoms with Crippen molar-refractivity contribution < 1.29 is 4.74 Å². The molecule has 0 atom stereocenters. The molecule has 2 aromatic rings. The predicted molar refractivity (Wildman–Crippen MR) is 98.3 cm³/mol. The third-order valence-electron chi connectivity index (χ3n) is 4.15. The number of anilines is 1. The van der Waals surface area contributed by atoms with E-state index in [1.807, 2.05) is 6.07 Å². The lowest BCUT2D eigenvalue weighted by molar-refractivity contribution is 0.223. The maximum atomic E-state index is 6.07. The van der Waals surface area contributed by atoms with Gasteiger partial charge in [-0.15, -0.1) is 10.2 Å². The minimum absolute atomic E-state index is 0.0614. The van der Waals surface area contributed by atoms with Crippen LogP contribution in [0.2, 0.25) is 5.02 Å². The number of rotatable bonds is 4. The summed E-state index contributed by atoms with van der Waals surface area (Å²) in [6, 6.07) is 1.81. The zero-order valence-electron chi connectivity index (χ0n) is 14.3. The number of ether oxygens (including phenoxy) is 1. The summed E-state index contributed by atoms with van der Waals surface area (Å²) in [6.07, 6.45) is 5.49. The van der Waals surface area contributed by atoms with E-state index >= 15 is 0 Å². The molecular formula is C17H23ClN4OS. The Hall–Kier alpha value is -1.40. The topological polar surface area (TPSA) is 51.1 Å². The van der Waals surface area contributed by atoms with Gasteiger partial charge in [0.05, 0.1) is 6.61 Å². The van der Waals surface area contributed by atoms with Crippen molar-refractivity contribution >= 4 is 28.1 Å². The first-order valence-electron chi connectivity index (χ1n) is 8.25. The molecule has 1 aliphatic rings. The Morgan fingerprint density at radius 2 is 2.04 bits per heavy atom. The fourth-order valence-corrected chi connectivity index (χ4v) is 3.75. The van der Waals surface area contributed by atoms with Crippen molar-refractivity contribution in [3.8, 4) is 5.75 Å². The Kier molecular flexibility index (Phi) is 5.25. The Labute approximate surface area is 152 Å². The molecule has 3 rings (SSSR count). The molecule has 1 saturated heterocycles. The minimum atomic E-state index is 0.0614. The molecular weight excluding hydrogens is 344 g/mol. The summed E-state index contributed by atoms with van der Waals surface area (Å²) in [5, 5.41) is 11.4. The third kappa shape index (κ3) is 4.16.